The summed E-state index contributed by atoms with van der Waals surface area (Å²) in [6.45, 7) is 1.88. The van der Waals surface area contributed by atoms with E-state index in [1.54, 1.807) is 12.1 Å². The minimum absolute atomic E-state index is 0.227. The SMILES string of the molecule is Cc1nc2ccc(-n3ncc(C(=O)c4cc5ccc(F)cc5[nH]4)c3N)cc2[nH]1. The molecule has 0 atom stereocenters. The van der Waals surface area contributed by atoms with Gasteiger partial charge in [-0.25, -0.2) is 14.1 Å². The molecule has 8 heteroatoms. The highest BCUT2D eigenvalue weighted by Crippen LogP contribution is 2.24. The lowest BCUT2D eigenvalue weighted by molar-refractivity contribution is 0.103. The molecule has 0 aliphatic carbocycles. The van der Waals surface area contributed by atoms with E-state index in [4.69, 9.17) is 5.73 Å². The number of anilines is 1. The molecular weight excluding hydrogens is 359 g/mol. The molecule has 5 rings (SSSR count). The first-order chi connectivity index (χ1) is 13.5. The van der Waals surface area contributed by atoms with Crippen molar-refractivity contribution in [3.63, 3.8) is 0 Å². The highest BCUT2D eigenvalue weighted by molar-refractivity contribution is 6.12. The Morgan fingerprint density at radius 3 is 2.82 bits per heavy atom. The van der Waals surface area contributed by atoms with Crippen molar-refractivity contribution in [3.8, 4) is 5.69 Å². The zero-order valence-electron chi connectivity index (χ0n) is 14.8. The number of halogens is 1. The van der Waals surface area contributed by atoms with Crippen molar-refractivity contribution >= 4 is 33.5 Å². The Bertz CT molecular complexity index is 1380. The largest absolute Gasteiger partial charge is 0.383 e. The average Bonchev–Trinajstić information content (AvgIpc) is 3.35. The van der Waals surface area contributed by atoms with Crippen LogP contribution in [0.5, 0.6) is 0 Å². The molecule has 2 aromatic carbocycles. The third-order valence-electron chi connectivity index (χ3n) is 4.71. The molecule has 28 heavy (non-hydrogen) atoms. The molecule has 0 spiro atoms. The topological polar surface area (TPSA) is 105 Å². The third kappa shape index (κ3) is 2.46. The summed E-state index contributed by atoms with van der Waals surface area (Å²) in [5, 5.41) is 5.02. The van der Waals surface area contributed by atoms with Gasteiger partial charge in [-0.05, 0) is 49.4 Å². The van der Waals surface area contributed by atoms with Crippen molar-refractivity contribution in [2.45, 2.75) is 6.92 Å². The number of hydrogen-bond donors (Lipinski definition) is 3. The number of aryl methyl sites for hydroxylation is 1. The van der Waals surface area contributed by atoms with E-state index in [0.29, 0.717) is 16.9 Å². The number of nitrogen functional groups attached to an aromatic ring is 1. The fraction of sp³-hybridized carbons (Fsp3) is 0.0500. The number of carbonyl (C=O) groups is 1. The summed E-state index contributed by atoms with van der Waals surface area (Å²) >= 11 is 0. The lowest BCUT2D eigenvalue weighted by Crippen LogP contribution is -2.07. The van der Waals surface area contributed by atoms with E-state index in [1.165, 1.54) is 23.0 Å². The maximum absolute atomic E-state index is 13.4. The second-order valence-corrected chi connectivity index (χ2v) is 6.62. The fourth-order valence-corrected chi connectivity index (χ4v) is 3.36. The number of ketones is 1. The fourth-order valence-electron chi connectivity index (χ4n) is 3.36. The molecule has 0 radical (unpaired) electrons. The second kappa shape index (κ2) is 5.78. The summed E-state index contributed by atoms with van der Waals surface area (Å²) in [6, 6.07) is 11.6. The maximum Gasteiger partial charge on any atom is 0.214 e. The number of rotatable bonds is 3. The van der Waals surface area contributed by atoms with Crippen LogP contribution < -0.4 is 5.73 Å². The number of fused-ring (bicyclic) bond motifs is 2. The first-order valence-corrected chi connectivity index (χ1v) is 8.63. The number of aromatic amines is 2. The molecule has 5 aromatic rings. The van der Waals surface area contributed by atoms with Crippen LogP contribution in [0, 0.1) is 12.7 Å². The summed E-state index contributed by atoms with van der Waals surface area (Å²) in [5.41, 5.74) is 9.78. The zero-order valence-corrected chi connectivity index (χ0v) is 14.8. The predicted octanol–water partition coefficient (Wildman–Crippen LogP) is 3.49. The van der Waals surface area contributed by atoms with Gasteiger partial charge in [0.25, 0.3) is 0 Å². The van der Waals surface area contributed by atoms with Crippen LogP contribution in [0.1, 0.15) is 21.9 Å². The van der Waals surface area contributed by atoms with Crippen molar-refractivity contribution in [3.05, 3.63) is 71.6 Å². The first kappa shape index (κ1) is 16.2. The van der Waals surface area contributed by atoms with Gasteiger partial charge in [-0.15, -0.1) is 0 Å². The molecule has 0 saturated carbocycles. The highest BCUT2D eigenvalue weighted by Gasteiger charge is 2.20. The third-order valence-corrected chi connectivity index (χ3v) is 4.71. The molecule has 4 N–H and O–H groups in total. The van der Waals surface area contributed by atoms with Crippen LogP contribution in [0.25, 0.3) is 27.6 Å². The van der Waals surface area contributed by atoms with Gasteiger partial charge in [0.2, 0.25) is 5.78 Å². The molecule has 0 unspecified atom stereocenters. The van der Waals surface area contributed by atoms with E-state index in [1.807, 2.05) is 25.1 Å². The minimum atomic E-state index is -0.370. The average molecular weight is 374 g/mol. The van der Waals surface area contributed by atoms with E-state index in [0.717, 1.165) is 22.2 Å². The van der Waals surface area contributed by atoms with Crippen molar-refractivity contribution < 1.29 is 9.18 Å². The van der Waals surface area contributed by atoms with E-state index in [2.05, 4.69) is 20.1 Å². The highest BCUT2D eigenvalue weighted by atomic mass is 19.1. The zero-order chi connectivity index (χ0) is 19.4. The van der Waals surface area contributed by atoms with Crippen LogP contribution in [0.15, 0.2) is 48.7 Å². The Labute approximate surface area is 158 Å². The quantitative estimate of drug-likeness (QED) is 0.420. The number of benzene rings is 2. The van der Waals surface area contributed by atoms with Gasteiger partial charge in [0.15, 0.2) is 0 Å². The smallest absolute Gasteiger partial charge is 0.214 e. The van der Waals surface area contributed by atoms with Gasteiger partial charge < -0.3 is 15.7 Å². The molecular formula is C20H15FN6O. The molecule has 3 aromatic heterocycles. The van der Waals surface area contributed by atoms with Gasteiger partial charge in [0.1, 0.15) is 17.5 Å². The van der Waals surface area contributed by atoms with Crippen LogP contribution in [0.2, 0.25) is 0 Å². The molecule has 0 fully saturated rings. The van der Waals surface area contributed by atoms with Crippen molar-refractivity contribution in [2.24, 2.45) is 0 Å². The summed E-state index contributed by atoms with van der Waals surface area (Å²) in [6.07, 6.45) is 1.44. The standard InChI is InChI=1S/C20H15FN6O/c1-10-24-15-5-4-13(8-17(15)25-10)27-20(22)14(9-23-27)19(28)18-6-11-2-3-12(21)7-16(11)26-18/h2-9,26H,22H2,1H3,(H,24,25). The molecule has 0 aliphatic heterocycles. The van der Waals surface area contributed by atoms with Crippen LogP contribution in [-0.2, 0) is 0 Å². The van der Waals surface area contributed by atoms with Gasteiger partial charge in [-0.2, -0.15) is 5.10 Å². The molecule has 138 valence electrons. The number of H-pyrrole nitrogens is 2. The number of nitrogens with two attached hydrogens (primary N) is 1. The van der Waals surface area contributed by atoms with Crippen LogP contribution in [0.3, 0.4) is 0 Å². The van der Waals surface area contributed by atoms with Crippen LogP contribution in [0.4, 0.5) is 10.2 Å². The lowest BCUT2D eigenvalue weighted by Gasteiger charge is -2.05. The number of carbonyl (C=O) groups excluding carboxylic acids is 1. The van der Waals surface area contributed by atoms with Gasteiger partial charge in [0.05, 0.1) is 34.2 Å². The van der Waals surface area contributed by atoms with E-state index < -0.39 is 0 Å². The Hall–Kier alpha value is -3.94. The molecule has 0 saturated heterocycles. The predicted molar refractivity (Wildman–Crippen MR) is 104 cm³/mol. The summed E-state index contributed by atoms with van der Waals surface area (Å²) in [4.78, 5) is 23.4. The molecule has 0 amide bonds. The summed E-state index contributed by atoms with van der Waals surface area (Å²) in [5.74, 6) is 0.362. The van der Waals surface area contributed by atoms with Crippen LogP contribution in [-0.4, -0.2) is 30.5 Å². The van der Waals surface area contributed by atoms with Gasteiger partial charge in [-0.1, -0.05) is 0 Å². The number of imidazole rings is 1. The van der Waals surface area contributed by atoms with Crippen LogP contribution >= 0.6 is 0 Å². The number of nitrogens with zero attached hydrogens (tertiary/aromatic N) is 3. The molecule has 3 heterocycles. The van der Waals surface area contributed by atoms with Crippen molar-refractivity contribution in [1.29, 1.82) is 0 Å². The number of aromatic nitrogens is 5. The van der Waals surface area contributed by atoms with Gasteiger partial charge >= 0.3 is 0 Å². The second-order valence-electron chi connectivity index (χ2n) is 6.62. The Balaban J connectivity index is 1.55. The molecule has 0 aliphatic rings. The Morgan fingerprint density at radius 1 is 1.11 bits per heavy atom. The normalized spacial score (nSPS) is 11.5. The molecule has 0 bridgehead atoms. The van der Waals surface area contributed by atoms with E-state index >= 15 is 0 Å². The maximum atomic E-state index is 13.4. The number of hydrogen-bond acceptors (Lipinski definition) is 4. The van der Waals surface area contributed by atoms with E-state index in [9.17, 15) is 9.18 Å². The van der Waals surface area contributed by atoms with Crippen molar-refractivity contribution in [1.82, 2.24) is 24.7 Å². The lowest BCUT2D eigenvalue weighted by atomic mass is 10.1. The van der Waals surface area contributed by atoms with Gasteiger partial charge in [0, 0.05) is 10.9 Å². The first-order valence-electron chi connectivity index (χ1n) is 8.63. The summed E-state index contributed by atoms with van der Waals surface area (Å²) < 4.78 is 14.9. The van der Waals surface area contributed by atoms with Crippen molar-refractivity contribution in [2.75, 3.05) is 5.73 Å². The minimum Gasteiger partial charge on any atom is -0.383 e. The molecule has 7 nitrogen and oxygen atoms in total. The number of nitrogens with one attached hydrogen (secondary N) is 2. The Morgan fingerprint density at radius 2 is 1.96 bits per heavy atom. The van der Waals surface area contributed by atoms with E-state index in [-0.39, 0.29) is 23.0 Å². The van der Waals surface area contributed by atoms with Gasteiger partial charge in [-0.3, -0.25) is 4.79 Å². The Kier molecular flexibility index (Phi) is 3.35. The summed E-state index contributed by atoms with van der Waals surface area (Å²) in [7, 11) is 0. The monoisotopic (exact) mass is 374 g/mol.